The Morgan fingerprint density at radius 1 is 1.60 bits per heavy atom. The summed E-state index contributed by atoms with van der Waals surface area (Å²) >= 11 is 1.52. The maximum absolute atomic E-state index is 5.12. The van der Waals surface area contributed by atoms with Crippen molar-refractivity contribution in [2.75, 3.05) is 7.05 Å². The summed E-state index contributed by atoms with van der Waals surface area (Å²) in [6.07, 6.45) is 0.730. The minimum Gasteiger partial charge on any atom is -0.339 e. The standard InChI is InChI=1S/C9H12N4OS/c1-6(10-2)3-8-12-9(13-14-8)7-4-15-5-11-7/h4-6,10H,3H2,1-2H3. The summed E-state index contributed by atoms with van der Waals surface area (Å²) in [6.45, 7) is 2.06. The summed E-state index contributed by atoms with van der Waals surface area (Å²) in [7, 11) is 1.91. The summed E-state index contributed by atoms with van der Waals surface area (Å²) in [5, 5.41) is 8.89. The highest BCUT2D eigenvalue weighted by atomic mass is 32.1. The molecule has 0 aliphatic carbocycles. The van der Waals surface area contributed by atoms with Gasteiger partial charge < -0.3 is 9.84 Å². The fourth-order valence-corrected chi connectivity index (χ4v) is 1.66. The minimum atomic E-state index is 0.328. The number of likely N-dealkylation sites (N-methyl/N-ethyl adjacent to an activating group) is 1. The van der Waals surface area contributed by atoms with Crippen LogP contribution in [-0.4, -0.2) is 28.2 Å². The summed E-state index contributed by atoms with van der Waals surface area (Å²) in [5.74, 6) is 1.20. The van der Waals surface area contributed by atoms with Gasteiger partial charge in [0, 0.05) is 17.8 Å². The number of thiazole rings is 1. The van der Waals surface area contributed by atoms with E-state index < -0.39 is 0 Å². The molecule has 5 nitrogen and oxygen atoms in total. The number of nitrogens with one attached hydrogen (secondary N) is 1. The van der Waals surface area contributed by atoms with Crippen LogP contribution in [0, 0.1) is 0 Å². The molecule has 0 fully saturated rings. The smallest absolute Gasteiger partial charge is 0.228 e. The Morgan fingerprint density at radius 2 is 2.47 bits per heavy atom. The lowest BCUT2D eigenvalue weighted by atomic mass is 10.2. The molecule has 1 unspecified atom stereocenters. The third-order valence-electron chi connectivity index (χ3n) is 2.10. The van der Waals surface area contributed by atoms with Gasteiger partial charge in [-0.2, -0.15) is 4.98 Å². The highest BCUT2D eigenvalue weighted by Gasteiger charge is 2.11. The van der Waals surface area contributed by atoms with Crippen molar-refractivity contribution in [2.24, 2.45) is 0 Å². The quantitative estimate of drug-likeness (QED) is 0.849. The predicted octanol–water partition coefficient (Wildman–Crippen LogP) is 1.34. The molecule has 80 valence electrons. The van der Waals surface area contributed by atoms with Crippen LogP contribution >= 0.6 is 11.3 Å². The van der Waals surface area contributed by atoms with Crippen molar-refractivity contribution in [1.82, 2.24) is 20.4 Å². The van der Waals surface area contributed by atoms with E-state index in [2.05, 4.69) is 27.4 Å². The summed E-state index contributed by atoms with van der Waals surface area (Å²) in [6, 6.07) is 0.328. The molecule has 15 heavy (non-hydrogen) atoms. The molecular formula is C9H12N4OS. The molecule has 0 aliphatic rings. The Kier molecular flexibility index (Phi) is 3.08. The molecule has 0 amide bonds. The first-order valence-electron chi connectivity index (χ1n) is 4.68. The van der Waals surface area contributed by atoms with Gasteiger partial charge in [0.1, 0.15) is 5.69 Å². The summed E-state index contributed by atoms with van der Waals surface area (Å²) < 4.78 is 5.12. The van der Waals surface area contributed by atoms with Crippen molar-refractivity contribution in [1.29, 1.82) is 0 Å². The van der Waals surface area contributed by atoms with E-state index in [-0.39, 0.29) is 0 Å². The van der Waals surface area contributed by atoms with E-state index in [1.54, 1.807) is 5.51 Å². The lowest BCUT2D eigenvalue weighted by molar-refractivity contribution is 0.365. The highest BCUT2D eigenvalue weighted by Crippen LogP contribution is 2.15. The Labute approximate surface area is 91.5 Å². The van der Waals surface area contributed by atoms with Crippen LogP contribution in [0.5, 0.6) is 0 Å². The molecule has 0 spiro atoms. The van der Waals surface area contributed by atoms with Crippen LogP contribution in [0.4, 0.5) is 0 Å². The van der Waals surface area contributed by atoms with Crippen molar-refractivity contribution < 1.29 is 4.52 Å². The second-order valence-corrected chi connectivity index (χ2v) is 4.00. The Hall–Kier alpha value is -1.27. The van der Waals surface area contributed by atoms with Gasteiger partial charge in [-0.25, -0.2) is 4.98 Å². The summed E-state index contributed by atoms with van der Waals surface area (Å²) in [5.41, 5.74) is 2.52. The van der Waals surface area contributed by atoms with Crippen LogP contribution in [0.1, 0.15) is 12.8 Å². The van der Waals surface area contributed by atoms with Crippen molar-refractivity contribution in [3.63, 3.8) is 0 Å². The molecule has 2 aromatic heterocycles. The van der Waals surface area contributed by atoms with Crippen LogP contribution in [0.25, 0.3) is 11.5 Å². The fraction of sp³-hybridized carbons (Fsp3) is 0.444. The molecule has 0 aromatic carbocycles. The van der Waals surface area contributed by atoms with Gasteiger partial charge in [0.05, 0.1) is 5.51 Å². The zero-order chi connectivity index (χ0) is 10.7. The van der Waals surface area contributed by atoms with Crippen molar-refractivity contribution in [2.45, 2.75) is 19.4 Å². The number of hydrogen-bond donors (Lipinski definition) is 1. The third kappa shape index (κ3) is 2.40. The Balaban J connectivity index is 2.11. The van der Waals surface area contributed by atoms with Crippen molar-refractivity contribution in [3.8, 4) is 11.5 Å². The van der Waals surface area contributed by atoms with Gasteiger partial charge in [0.2, 0.25) is 11.7 Å². The molecule has 2 rings (SSSR count). The predicted molar refractivity (Wildman–Crippen MR) is 57.6 cm³/mol. The monoisotopic (exact) mass is 224 g/mol. The molecule has 6 heteroatoms. The van der Waals surface area contributed by atoms with Crippen molar-refractivity contribution in [3.05, 3.63) is 16.8 Å². The lowest BCUT2D eigenvalue weighted by Crippen LogP contribution is -2.23. The molecule has 2 heterocycles. The zero-order valence-corrected chi connectivity index (χ0v) is 9.41. The number of rotatable bonds is 4. The highest BCUT2D eigenvalue weighted by molar-refractivity contribution is 7.07. The lowest BCUT2D eigenvalue weighted by Gasteiger charge is -2.04. The first-order chi connectivity index (χ1) is 7.29. The number of hydrogen-bond acceptors (Lipinski definition) is 6. The van der Waals surface area contributed by atoms with E-state index in [4.69, 9.17) is 4.52 Å². The normalized spacial score (nSPS) is 12.9. The maximum Gasteiger partial charge on any atom is 0.228 e. The van der Waals surface area contributed by atoms with Gasteiger partial charge in [-0.3, -0.25) is 0 Å². The van der Waals surface area contributed by atoms with E-state index in [1.807, 2.05) is 12.4 Å². The Morgan fingerprint density at radius 3 is 3.13 bits per heavy atom. The summed E-state index contributed by atoms with van der Waals surface area (Å²) in [4.78, 5) is 8.38. The van der Waals surface area contributed by atoms with Crippen LogP contribution in [0.15, 0.2) is 15.4 Å². The average Bonchev–Trinajstić information content (AvgIpc) is 2.85. The molecule has 0 aliphatic heterocycles. The van der Waals surface area contributed by atoms with Gasteiger partial charge in [-0.1, -0.05) is 5.16 Å². The van der Waals surface area contributed by atoms with E-state index in [0.717, 1.165) is 12.1 Å². The first kappa shape index (κ1) is 10.3. The van der Waals surface area contributed by atoms with E-state index >= 15 is 0 Å². The number of aromatic nitrogens is 3. The minimum absolute atomic E-state index is 0.328. The largest absolute Gasteiger partial charge is 0.339 e. The van der Waals surface area contributed by atoms with Crippen LogP contribution in [-0.2, 0) is 6.42 Å². The van der Waals surface area contributed by atoms with Gasteiger partial charge >= 0.3 is 0 Å². The maximum atomic E-state index is 5.12. The SMILES string of the molecule is CNC(C)Cc1nc(-c2cscn2)no1. The van der Waals surface area contributed by atoms with Crippen LogP contribution < -0.4 is 5.32 Å². The second kappa shape index (κ2) is 4.50. The molecule has 0 radical (unpaired) electrons. The topological polar surface area (TPSA) is 63.8 Å². The third-order valence-corrected chi connectivity index (χ3v) is 2.69. The average molecular weight is 224 g/mol. The van der Waals surface area contributed by atoms with E-state index in [0.29, 0.717) is 17.8 Å². The molecule has 2 aromatic rings. The second-order valence-electron chi connectivity index (χ2n) is 3.28. The molecule has 1 N–H and O–H groups in total. The van der Waals surface area contributed by atoms with E-state index in [9.17, 15) is 0 Å². The van der Waals surface area contributed by atoms with Gasteiger partial charge in [0.25, 0.3) is 0 Å². The van der Waals surface area contributed by atoms with Crippen LogP contribution in [0.2, 0.25) is 0 Å². The molecule has 0 saturated heterocycles. The van der Waals surface area contributed by atoms with Crippen molar-refractivity contribution >= 4 is 11.3 Å². The molecule has 0 bridgehead atoms. The molecular weight excluding hydrogens is 212 g/mol. The number of nitrogens with zero attached hydrogens (tertiary/aromatic N) is 3. The van der Waals surface area contributed by atoms with Crippen LogP contribution in [0.3, 0.4) is 0 Å². The first-order valence-corrected chi connectivity index (χ1v) is 5.62. The van der Waals surface area contributed by atoms with E-state index in [1.165, 1.54) is 11.3 Å². The molecule has 1 atom stereocenters. The van der Waals surface area contributed by atoms with Gasteiger partial charge in [0.15, 0.2) is 0 Å². The van der Waals surface area contributed by atoms with Gasteiger partial charge in [-0.15, -0.1) is 11.3 Å². The fourth-order valence-electron chi connectivity index (χ4n) is 1.13. The Bertz CT molecular complexity index is 411. The zero-order valence-electron chi connectivity index (χ0n) is 8.60. The molecule has 0 saturated carbocycles. The van der Waals surface area contributed by atoms with Gasteiger partial charge in [-0.05, 0) is 14.0 Å².